The third kappa shape index (κ3) is 5.48. The van der Waals surface area contributed by atoms with Gasteiger partial charge in [-0.1, -0.05) is 0 Å². The molecule has 0 aliphatic carbocycles. The van der Waals surface area contributed by atoms with Crippen molar-refractivity contribution in [2.45, 2.75) is 18.8 Å². The van der Waals surface area contributed by atoms with Crippen molar-refractivity contribution in [1.82, 2.24) is 0 Å². The molecule has 0 amide bonds. The standard InChI is InChI=1S/C6H14N4O2/c7-4(5(11)12)2-1-3-10-6(8)9/h4H,1-3,7H2,(H,11,12)(H4,8,9,10)/t4-/m0/s1/i1D2,3+1D2. The van der Waals surface area contributed by atoms with E-state index in [-0.39, 0.29) is 0 Å². The number of nitrogens with zero attached hydrogens (tertiary/aromatic N) is 1. The molecule has 0 rings (SSSR count). The van der Waals surface area contributed by atoms with Crippen LogP contribution in [0.1, 0.15) is 18.3 Å². The first-order valence-corrected chi connectivity index (χ1v) is 3.09. The van der Waals surface area contributed by atoms with Gasteiger partial charge < -0.3 is 22.3 Å². The minimum Gasteiger partial charge on any atom is -0.480 e. The van der Waals surface area contributed by atoms with E-state index in [2.05, 4.69) is 4.99 Å². The average molecular weight is 179 g/mol. The van der Waals surface area contributed by atoms with Crippen LogP contribution in [-0.4, -0.2) is 29.6 Å². The van der Waals surface area contributed by atoms with Crippen molar-refractivity contribution >= 4 is 11.9 Å². The zero-order valence-corrected chi connectivity index (χ0v) is 6.32. The Labute approximate surface area is 76.1 Å². The molecule has 1 atom stereocenters. The Balaban J connectivity index is 4.90. The summed E-state index contributed by atoms with van der Waals surface area (Å²) in [4.78, 5) is 13.5. The minimum atomic E-state index is -2.74. The molecule has 6 heteroatoms. The van der Waals surface area contributed by atoms with Crippen LogP contribution >= 0.6 is 0 Å². The Bertz CT molecular complexity index is 303. The van der Waals surface area contributed by atoms with Crippen molar-refractivity contribution in [3.63, 3.8) is 0 Å². The van der Waals surface area contributed by atoms with Crippen molar-refractivity contribution in [2.75, 3.05) is 6.50 Å². The molecule has 0 saturated heterocycles. The predicted molar refractivity (Wildman–Crippen MR) is 45.5 cm³/mol. The lowest BCUT2D eigenvalue weighted by Gasteiger charge is -2.03. The van der Waals surface area contributed by atoms with Crippen LogP contribution in [0.25, 0.3) is 0 Å². The van der Waals surface area contributed by atoms with Gasteiger partial charge in [0.2, 0.25) is 0 Å². The van der Waals surface area contributed by atoms with Crippen molar-refractivity contribution in [3.05, 3.63) is 0 Å². The lowest BCUT2D eigenvalue weighted by atomic mass is 10.2. The van der Waals surface area contributed by atoms with E-state index in [9.17, 15) is 4.79 Å². The van der Waals surface area contributed by atoms with Crippen LogP contribution in [0, 0.1) is 0 Å². The lowest BCUT2D eigenvalue weighted by molar-refractivity contribution is -0.138. The number of hydrogen-bond acceptors (Lipinski definition) is 3. The lowest BCUT2D eigenvalue weighted by Crippen LogP contribution is -2.30. The highest BCUT2D eigenvalue weighted by molar-refractivity contribution is 5.75. The number of carbonyl (C=O) groups is 1. The molecule has 0 aromatic carbocycles. The third-order valence-corrected chi connectivity index (χ3v) is 0.903. The normalized spacial score (nSPS) is 19.4. The number of carboxylic acid groups (broad SMARTS) is 1. The summed E-state index contributed by atoms with van der Waals surface area (Å²) in [5.41, 5.74) is 15.0. The summed E-state index contributed by atoms with van der Waals surface area (Å²) in [6.45, 7) is -2.74. The van der Waals surface area contributed by atoms with Gasteiger partial charge in [-0.25, -0.2) is 0 Å². The van der Waals surface area contributed by atoms with Gasteiger partial charge in [-0.05, 0) is 12.8 Å². The molecule has 0 saturated carbocycles. The van der Waals surface area contributed by atoms with Crippen molar-refractivity contribution in [2.24, 2.45) is 22.2 Å². The summed E-state index contributed by atoms with van der Waals surface area (Å²) in [6.07, 6.45) is -3.33. The van der Waals surface area contributed by atoms with Crippen LogP contribution in [0.15, 0.2) is 4.99 Å². The van der Waals surface area contributed by atoms with E-state index in [1.165, 1.54) is 0 Å². The maximum atomic E-state index is 10.4. The smallest absolute Gasteiger partial charge is 0.320 e. The number of aliphatic carboxylic acids is 1. The zero-order valence-electron chi connectivity index (χ0n) is 10.3. The fraction of sp³-hybridized carbons (Fsp3) is 0.667. The number of rotatable bonds is 5. The van der Waals surface area contributed by atoms with Gasteiger partial charge in [0.05, 0.1) is 2.74 Å². The summed E-state index contributed by atoms with van der Waals surface area (Å²) in [5, 5.41) is 8.49. The molecule has 0 aliphatic heterocycles. The van der Waals surface area contributed by atoms with Gasteiger partial charge in [0, 0.05) is 9.24 Å². The minimum absolute atomic E-state index is 0.627. The molecule has 0 fully saturated rings. The highest BCUT2D eigenvalue weighted by Crippen LogP contribution is 1.94. The zero-order chi connectivity index (χ0) is 13.1. The van der Waals surface area contributed by atoms with Gasteiger partial charge in [0.1, 0.15) is 6.04 Å². The molecule has 0 aliphatic rings. The van der Waals surface area contributed by atoms with Gasteiger partial charge in [0.15, 0.2) is 5.96 Å². The largest absolute Gasteiger partial charge is 0.480 e. The highest BCUT2D eigenvalue weighted by Gasteiger charge is 2.09. The fourth-order valence-electron chi connectivity index (χ4n) is 0.347. The maximum absolute atomic E-state index is 10.4. The molecule has 0 heterocycles. The Morgan fingerprint density at radius 2 is 2.25 bits per heavy atom. The highest BCUT2D eigenvalue weighted by atomic mass is 16.4. The van der Waals surface area contributed by atoms with Crippen LogP contribution < -0.4 is 17.2 Å². The van der Waals surface area contributed by atoms with Gasteiger partial charge in [0.25, 0.3) is 0 Å². The van der Waals surface area contributed by atoms with Crippen LogP contribution in [0.3, 0.4) is 0 Å². The van der Waals surface area contributed by atoms with Crippen LogP contribution in [0.5, 0.6) is 0 Å². The van der Waals surface area contributed by atoms with Gasteiger partial charge in [-0.15, -0.1) is 0 Å². The van der Waals surface area contributed by atoms with E-state index in [0.717, 1.165) is 0 Å². The first-order chi connectivity index (χ1) is 6.99. The van der Waals surface area contributed by atoms with E-state index in [1.807, 2.05) is 0 Å². The molecular formula is C6H14N4O2. The Morgan fingerprint density at radius 1 is 1.67 bits per heavy atom. The first-order valence-electron chi connectivity index (χ1n) is 5.09. The van der Waals surface area contributed by atoms with Crippen molar-refractivity contribution < 1.29 is 15.4 Å². The summed E-state index contributed by atoms with van der Waals surface area (Å²) in [6, 6.07) is -1.53. The summed E-state index contributed by atoms with van der Waals surface area (Å²) in [5.74, 6) is -2.05. The second kappa shape index (κ2) is 5.36. The van der Waals surface area contributed by atoms with Crippen LogP contribution in [0.2, 0.25) is 0 Å². The van der Waals surface area contributed by atoms with Crippen molar-refractivity contribution in [1.29, 1.82) is 0 Å². The number of hydrogen-bond donors (Lipinski definition) is 4. The van der Waals surface area contributed by atoms with E-state index in [4.69, 9.17) is 27.8 Å². The average Bonchev–Trinajstić information content (AvgIpc) is 1.99. The Hall–Kier alpha value is -1.30. The molecule has 12 heavy (non-hydrogen) atoms. The number of guanidine groups is 1. The van der Waals surface area contributed by atoms with Gasteiger partial charge >= 0.3 is 5.97 Å². The van der Waals surface area contributed by atoms with Gasteiger partial charge in [-0.3, -0.25) is 9.79 Å². The molecule has 7 N–H and O–H groups in total. The molecule has 0 radical (unpaired) electrons. The van der Waals surface area contributed by atoms with Gasteiger partial charge in [-0.2, -0.15) is 0 Å². The molecule has 0 bridgehead atoms. The topological polar surface area (TPSA) is 128 Å². The second-order valence-electron chi connectivity index (χ2n) is 1.97. The number of carboxylic acids is 1. The van der Waals surface area contributed by atoms with E-state index in [1.54, 1.807) is 0 Å². The fourth-order valence-corrected chi connectivity index (χ4v) is 0.347. The first kappa shape index (κ1) is 5.36. The number of aliphatic imine (C=N–C) groups is 1. The summed E-state index contributed by atoms with van der Waals surface area (Å²) < 4.78 is 29.3. The molecule has 6 nitrogen and oxygen atoms in total. The summed E-state index contributed by atoms with van der Waals surface area (Å²) >= 11 is 0. The maximum Gasteiger partial charge on any atom is 0.320 e. The predicted octanol–water partition coefficient (Wildman–Crippen LogP) is -1.55. The van der Waals surface area contributed by atoms with Crippen LogP contribution in [-0.2, 0) is 4.79 Å². The molecule has 0 aromatic heterocycles. The Morgan fingerprint density at radius 3 is 2.67 bits per heavy atom. The van der Waals surface area contributed by atoms with E-state index >= 15 is 0 Å². The van der Waals surface area contributed by atoms with Crippen LogP contribution in [0.4, 0.5) is 0 Å². The SMILES string of the molecule is [2H]C([2H])(C[C@H](N)C(=O)O)[13C]([2H])([2H])N=C(N)N. The van der Waals surface area contributed by atoms with E-state index in [0.29, 0.717) is 0 Å². The summed E-state index contributed by atoms with van der Waals surface area (Å²) in [7, 11) is 0. The third-order valence-electron chi connectivity index (χ3n) is 0.903. The molecule has 0 aromatic rings. The number of nitrogens with two attached hydrogens (primary N) is 3. The quantitative estimate of drug-likeness (QED) is 0.231. The van der Waals surface area contributed by atoms with E-state index < -0.39 is 37.3 Å². The Kier molecular flexibility index (Phi) is 2.40. The monoisotopic (exact) mass is 179 g/mol. The van der Waals surface area contributed by atoms with Crippen molar-refractivity contribution in [3.8, 4) is 0 Å². The molecule has 0 unspecified atom stereocenters. The second-order valence-corrected chi connectivity index (χ2v) is 1.97. The molecule has 70 valence electrons. The molecular weight excluding hydrogens is 161 g/mol. The molecule has 0 spiro atoms.